The molecule has 0 saturated carbocycles. The summed E-state index contributed by atoms with van der Waals surface area (Å²) in [5, 5.41) is 0.547. The van der Waals surface area contributed by atoms with Gasteiger partial charge in [0.25, 0.3) is 0 Å². The third kappa shape index (κ3) is 2.93. The number of methoxy groups -OCH3 is 1. The van der Waals surface area contributed by atoms with Gasteiger partial charge in [-0.05, 0) is 35.4 Å². The molecule has 3 heteroatoms. The molecule has 88 valence electrons. The third-order valence-corrected chi connectivity index (χ3v) is 3.33. The number of ether oxygens (including phenoxy) is 1. The summed E-state index contributed by atoms with van der Waals surface area (Å²) in [6.45, 7) is 0. The van der Waals surface area contributed by atoms with Crippen molar-refractivity contribution in [3.05, 3.63) is 64.7 Å². The van der Waals surface area contributed by atoms with Gasteiger partial charge < -0.3 is 4.74 Å². The van der Waals surface area contributed by atoms with E-state index < -0.39 is 0 Å². The highest BCUT2D eigenvalue weighted by Crippen LogP contribution is 2.30. The van der Waals surface area contributed by atoms with E-state index in [2.05, 4.69) is 0 Å². The highest BCUT2D eigenvalue weighted by atomic mass is 35.5. The molecule has 0 aromatic heterocycles. The van der Waals surface area contributed by atoms with Crippen LogP contribution in [0.15, 0.2) is 48.5 Å². The molecule has 0 radical (unpaired) electrons. The van der Waals surface area contributed by atoms with Crippen molar-refractivity contribution in [2.75, 3.05) is 7.11 Å². The molecule has 0 fully saturated rings. The van der Waals surface area contributed by atoms with Gasteiger partial charge in [-0.25, -0.2) is 0 Å². The molecule has 2 rings (SSSR count). The zero-order chi connectivity index (χ0) is 12.3. The summed E-state index contributed by atoms with van der Waals surface area (Å²) in [5.74, 6) is 0.828. The molecule has 0 bridgehead atoms. The maximum atomic E-state index is 6.40. The smallest absolute Gasteiger partial charge is 0.118 e. The molecule has 0 heterocycles. The lowest BCUT2D eigenvalue weighted by Crippen LogP contribution is -1.93. The summed E-state index contributed by atoms with van der Waals surface area (Å²) < 4.78 is 5.11. The summed E-state index contributed by atoms with van der Waals surface area (Å²) in [7, 11) is 1.65. The molecular weight excluding hydrogens is 255 g/mol. The van der Waals surface area contributed by atoms with Gasteiger partial charge in [0.15, 0.2) is 0 Å². The Morgan fingerprint density at radius 3 is 1.82 bits per heavy atom. The fourth-order valence-electron chi connectivity index (χ4n) is 1.60. The van der Waals surface area contributed by atoms with Crippen molar-refractivity contribution in [2.45, 2.75) is 5.38 Å². The van der Waals surface area contributed by atoms with Crippen LogP contribution in [0.25, 0.3) is 0 Å². The van der Waals surface area contributed by atoms with Crippen molar-refractivity contribution < 1.29 is 4.74 Å². The first-order valence-corrected chi connectivity index (χ1v) is 6.05. The van der Waals surface area contributed by atoms with Gasteiger partial charge in [0.1, 0.15) is 5.75 Å². The van der Waals surface area contributed by atoms with Crippen LogP contribution in [-0.2, 0) is 0 Å². The van der Waals surface area contributed by atoms with Gasteiger partial charge in [0.2, 0.25) is 0 Å². The van der Waals surface area contributed by atoms with E-state index in [0.717, 1.165) is 16.9 Å². The molecular formula is C14H12Cl2O. The lowest BCUT2D eigenvalue weighted by Gasteiger charge is -2.11. The fraction of sp³-hybridized carbons (Fsp3) is 0.143. The minimum Gasteiger partial charge on any atom is -0.497 e. The Morgan fingerprint density at radius 2 is 1.35 bits per heavy atom. The quantitative estimate of drug-likeness (QED) is 0.734. The summed E-state index contributed by atoms with van der Waals surface area (Å²) in [5.41, 5.74) is 2.07. The van der Waals surface area contributed by atoms with Gasteiger partial charge in [0.05, 0.1) is 12.5 Å². The Hall–Kier alpha value is -1.18. The van der Waals surface area contributed by atoms with Gasteiger partial charge in [0, 0.05) is 5.02 Å². The number of hydrogen-bond donors (Lipinski definition) is 0. The van der Waals surface area contributed by atoms with Gasteiger partial charge in [-0.1, -0.05) is 35.9 Å². The molecule has 0 aliphatic rings. The van der Waals surface area contributed by atoms with Crippen LogP contribution < -0.4 is 4.74 Å². The standard InChI is InChI=1S/C14H12Cl2O/c1-17-13-8-4-11(5-9-13)14(16)10-2-6-12(15)7-3-10/h2-9,14H,1H3/t14-/m1/s1. The molecule has 0 spiro atoms. The summed E-state index contributed by atoms with van der Waals surface area (Å²) in [6, 6.07) is 15.3. The minimum atomic E-state index is -0.168. The summed E-state index contributed by atoms with van der Waals surface area (Å²) >= 11 is 12.2. The van der Waals surface area contributed by atoms with Crippen LogP contribution >= 0.6 is 23.2 Å². The average molecular weight is 267 g/mol. The lowest BCUT2D eigenvalue weighted by atomic mass is 10.0. The lowest BCUT2D eigenvalue weighted by molar-refractivity contribution is 0.414. The number of benzene rings is 2. The second-order valence-corrected chi connectivity index (χ2v) is 4.56. The van der Waals surface area contributed by atoms with E-state index in [9.17, 15) is 0 Å². The van der Waals surface area contributed by atoms with Crippen LogP contribution in [0.2, 0.25) is 5.02 Å². The summed E-state index contributed by atoms with van der Waals surface area (Å²) in [6.07, 6.45) is 0. The highest BCUT2D eigenvalue weighted by molar-refractivity contribution is 6.30. The second kappa shape index (κ2) is 5.44. The molecule has 0 aliphatic carbocycles. The maximum Gasteiger partial charge on any atom is 0.118 e. The molecule has 0 N–H and O–H groups in total. The Bertz CT molecular complexity index is 477. The topological polar surface area (TPSA) is 9.23 Å². The first-order valence-electron chi connectivity index (χ1n) is 5.24. The van der Waals surface area contributed by atoms with Crippen LogP contribution in [0, 0.1) is 0 Å². The van der Waals surface area contributed by atoms with Crippen LogP contribution in [0.3, 0.4) is 0 Å². The molecule has 2 aromatic carbocycles. The van der Waals surface area contributed by atoms with Gasteiger partial charge in [-0.15, -0.1) is 11.6 Å². The first-order chi connectivity index (χ1) is 8.20. The largest absolute Gasteiger partial charge is 0.497 e. The Balaban J connectivity index is 2.23. The SMILES string of the molecule is COc1ccc([C@H](Cl)c2ccc(Cl)cc2)cc1. The first kappa shape index (κ1) is 12.3. The van der Waals surface area contributed by atoms with Crippen molar-refractivity contribution in [3.8, 4) is 5.75 Å². The van der Waals surface area contributed by atoms with Gasteiger partial charge in [-0.2, -0.15) is 0 Å². The predicted molar refractivity (Wildman–Crippen MR) is 72.1 cm³/mol. The van der Waals surface area contributed by atoms with Crippen LogP contribution in [-0.4, -0.2) is 7.11 Å². The normalized spacial score (nSPS) is 12.2. The highest BCUT2D eigenvalue weighted by Gasteiger charge is 2.10. The number of rotatable bonds is 3. The Morgan fingerprint density at radius 1 is 0.882 bits per heavy atom. The fourth-order valence-corrected chi connectivity index (χ4v) is 2.01. The number of alkyl halides is 1. The molecule has 0 saturated heterocycles. The number of halogens is 2. The van der Waals surface area contributed by atoms with Crippen LogP contribution in [0.5, 0.6) is 5.75 Å². The molecule has 0 amide bonds. The van der Waals surface area contributed by atoms with Crippen molar-refractivity contribution in [3.63, 3.8) is 0 Å². The minimum absolute atomic E-state index is 0.168. The second-order valence-electron chi connectivity index (χ2n) is 3.69. The van der Waals surface area contributed by atoms with Gasteiger partial charge >= 0.3 is 0 Å². The zero-order valence-electron chi connectivity index (χ0n) is 9.36. The van der Waals surface area contributed by atoms with Crippen molar-refractivity contribution >= 4 is 23.2 Å². The van der Waals surface area contributed by atoms with Crippen LogP contribution in [0.4, 0.5) is 0 Å². The number of hydrogen-bond acceptors (Lipinski definition) is 1. The van der Waals surface area contributed by atoms with E-state index in [-0.39, 0.29) is 5.38 Å². The molecule has 17 heavy (non-hydrogen) atoms. The van der Waals surface area contributed by atoms with E-state index in [1.54, 1.807) is 7.11 Å². The third-order valence-electron chi connectivity index (χ3n) is 2.57. The molecule has 0 aliphatic heterocycles. The maximum absolute atomic E-state index is 6.40. The Labute approximate surface area is 111 Å². The predicted octanol–water partition coefficient (Wildman–Crippen LogP) is 4.68. The van der Waals surface area contributed by atoms with Crippen molar-refractivity contribution in [1.29, 1.82) is 0 Å². The molecule has 2 aromatic rings. The van der Waals surface area contributed by atoms with E-state index in [0.29, 0.717) is 5.02 Å². The molecule has 1 nitrogen and oxygen atoms in total. The Kier molecular flexibility index (Phi) is 3.93. The van der Waals surface area contributed by atoms with Gasteiger partial charge in [-0.3, -0.25) is 0 Å². The van der Waals surface area contributed by atoms with Crippen molar-refractivity contribution in [2.24, 2.45) is 0 Å². The molecule has 1 atom stereocenters. The monoisotopic (exact) mass is 266 g/mol. The van der Waals surface area contributed by atoms with E-state index in [4.69, 9.17) is 27.9 Å². The van der Waals surface area contributed by atoms with Crippen LogP contribution in [0.1, 0.15) is 16.5 Å². The van der Waals surface area contributed by atoms with E-state index in [1.165, 1.54) is 0 Å². The molecule has 0 unspecified atom stereocenters. The van der Waals surface area contributed by atoms with E-state index in [1.807, 2.05) is 48.5 Å². The average Bonchev–Trinajstić information content (AvgIpc) is 2.39. The summed E-state index contributed by atoms with van der Waals surface area (Å²) in [4.78, 5) is 0. The zero-order valence-corrected chi connectivity index (χ0v) is 10.9. The van der Waals surface area contributed by atoms with Crippen molar-refractivity contribution in [1.82, 2.24) is 0 Å². The van der Waals surface area contributed by atoms with E-state index >= 15 is 0 Å².